The Labute approximate surface area is 194 Å². The number of nitrogens with one attached hydrogen (secondary N) is 1. The normalized spacial score (nSPS) is 14.2. The van der Waals surface area contributed by atoms with Gasteiger partial charge in [-0.3, -0.25) is 9.89 Å². The molecule has 1 fully saturated rings. The number of aromatic nitrogens is 3. The molecule has 1 aromatic heterocycles. The number of aromatic amines is 1. The second-order valence-electron chi connectivity index (χ2n) is 8.38. The van der Waals surface area contributed by atoms with E-state index in [0.717, 1.165) is 41.5 Å². The lowest BCUT2D eigenvalue weighted by atomic mass is 9.88. The molecular formula is C26H29N5O2. The first kappa shape index (κ1) is 22.5. The minimum atomic E-state index is 0.0657. The number of piperidine rings is 1. The van der Waals surface area contributed by atoms with Gasteiger partial charge in [-0.2, -0.15) is 10.2 Å². The second kappa shape index (κ2) is 9.86. The summed E-state index contributed by atoms with van der Waals surface area (Å²) in [6, 6.07) is 14.3. The average Bonchev–Trinajstić information content (AvgIpc) is 3.32. The number of carbonyl (C=O) groups excluding carboxylic acids is 1. The van der Waals surface area contributed by atoms with Crippen LogP contribution in [0.25, 0.3) is 11.4 Å². The first-order chi connectivity index (χ1) is 16.0. The van der Waals surface area contributed by atoms with Crippen molar-refractivity contribution >= 4 is 5.91 Å². The number of benzene rings is 2. The van der Waals surface area contributed by atoms with Gasteiger partial charge in [0, 0.05) is 24.2 Å². The molecule has 33 heavy (non-hydrogen) atoms. The zero-order valence-corrected chi connectivity index (χ0v) is 19.4. The maximum Gasteiger partial charge on any atom is 0.335 e. The molecule has 1 amide bonds. The van der Waals surface area contributed by atoms with Crippen LogP contribution in [0.1, 0.15) is 65.2 Å². The topological polar surface area (TPSA) is 94.9 Å². The van der Waals surface area contributed by atoms with E-state index in [1.807, 2.05) is 49.1 Å². The molecule has 4 rings (SSSR count). The van der Waals surface area contributed by atoms with Gasteiger partial charge in [0.1, 0.15) is 0 Å². The van der Waals surface area contributed by atoms with Crippen molar-refractivity contribution in [3.05, 3.63) is 64.2 Å². The Hall–Kier alpha value is -3.66. The van der Waals surface area contributed by atoms with Crippen molar-refractivity contribution in [3.63, 3.8) is 0 Å². The lowest BCUT2D eigenvalue weighted by molar-refractivity contribution is 0.0712. The Morgan fingerprint density at radius 2 is 1.94 bits per heavy atom. The summed E-state index contributed by atoms with van der Waals surface area (Å²) in [4.78, 5) is 19.9. The first-order valence-corrected chi connectivity index (χ1v) is 11.5. The highest BCUT2D eigenvalue weighted by Crippen LogP contribution is 2.31. The zero-order valence-electron chi connectivity index (χ0n) is 19.4. The van der Waals surface area contributed by atoms with Crippen molar-refractivity contribution in [2.45, 2.75) is 46.0 Å². The van der Waals surface area contributed by atoms with E-state index in [1.165, 1.54) is 5.56 Å². The van der Waals surface area contributed by atoms with Crippen LogP contribution in [0.4, 0.5) is 0 Å². The van der Waals surface area contributed by atoms with E-state index < -0.39 is 0 Å². The molecule has 0 aliphatic carbocycles. The maximum atomic E-state index is 13.5. The van der Waals surface area contributed by atoms with Gasteiger partial charge in [-0.05, 0) is 73.9 Å². The number of rotatable bonds is 6. The molecule has 1 saturated heterocycles. The number of ether oxygens (including phenoxy) is 1. The first-order valence-electron chi connectivity index (χ1n) is 11.5. The number of nitrogens with zero attached hydrogens (tertiary/aromatic N) is 4. The van der Waals surface area contributed by atoms with Crippen LogP contribution in [-0.4, -0.2) is 45.7 Å². The summed E-state index contributed by atoms with van der Waals surface area (Å²) >= 11 is 0. The molecule has 0 spiro atoms. The Morgan fingerprint density at radius 1 is 1.21 bits per heavy atom. The van der Waals surface area contributed by atoms with E-state index in [-0.39, 0.29) is 5.91 Å². The van der Waals surface area contributed by atoms with E-state index in [0.29, 0.717) is 43.0 Å². The number of nitriles is 1. The quantitative estimate of drug-likeness (QED) is 0.599. The molecule has 7 heteroatoms. The van der Waals surface area contributed by atoms with Crippen molar-refractivity contribution in [3.8, 4) is 23.5 Å². The van der Waals surface area contributed by atoms with Crippen LogP contribution in [-0.2, 0) is 6.42 Å². The highest BCUT2D eigenvalue weighted by Gasteiger charge is 2.26. The number of hydrogen-bond donors (Lipinski definition) is 1. The highest BCUT2D eigenvalue weighted by molar-refractivity contribution is 5.97. The molecule has 7 nitrogen and oxygen atoms in total. The standard InChI is InChI=1S/C26H29N5O2/c1-4-19-14-17(3)22(24-28-26(30-29-24)33-5-2)15-23(19)25(32)31-12-10-21(11-13-31)20-8-6-18(16-27)7-9-20/h6-9,14-15,21H,4-5,10-13H2,1-3H3,(H,28,29,30). The predicted octanol–water partition coefficient (Wildman–Crippen LogP) is 4.63. The monoisotopic (exact) mass is 443 g/mol. The van der Waals surface area contributed by atoms with Crippen molar-refractivity contribution in [1.29, 1.82) is 5.26 Å². The molecule has 0 unspecified atom stereocenters. The Kier molecular flexibility index (Phi) is 6.74. The molecule has 0 bridgehead atoms. The van der Waals surface area contributed by atoms with Gasteiger partial charge in [-0.25, -0.2) is 0 Å². The number of hydrogen-bond acceptors (Lipinski definition) is 5. The van der Waals surface area contributed by atoms with Gasteiger partial charge in [0.15, 0.2) is 5.82 Å². The van der Waals surface area contributed by atoms with Crippen molar-refractivity contribution in [2.75, 3.05) is 19.7 Å². The van der Waals surface area contributed by atoms with E-state index >= 15 is 0 Å². The minimum Gasteiger partial charge on any atom is -0.463 e. The number of amides is 1. The largest absolute Gasteiger partial charge is 0.463 e. The maximum absolute atomic E-state index is 13.5. The smallest absolute Gasteiger partial charge is 0.335 e. The molecule has 2 aromatic carbocycles. The molecule has 170 valence electrons. The molecular weight excluding hydrogens is 414 g/mol. The Morgan fingerprint density at radius 3 is 2.58 bits per heavy atom. The third-order valence-corrected chi connectivity index (χ3v) is 6.35. The van der Waals surface area contributed by atoms with E-state index in [4.69, 9.17) is 10.00 Å². The lowest BCUT2D eigenvalue weighted by Gasteiger charge is -2.33. The van der Waals surface area contributed by atoms with Crippen molar-refractivity contribution < 1.29 is 9.53 Å². The summed E-state index contributed by atoms with van der Waals surface area (Å²) in [6.45, 7) is 7.91. The number of likely N-dealkylation sites (tertiary alicyclic amines) is 1. The van der Waals surface area contributed by atoms with Gasteiger partial charge in [-0.1, -0.05) is 25.1 Å². The third-order valence-electron chi connectivity index (χ3n) is 6.35. The fourth-order valence-electron chi connectivity index (χ4n) is 4.49. The summed E-state index contributed by atoms with van der Waals surface area (Å²) in [5, 5.41) is 16.0. The highest BCUT2D eigenvalue weighted by atomic mass is 16.5. The van der Waals surface area contributed by atoms with E-state index in [1.54, 1.807) is 0 Å². The number of aryl methyl sites for hydroxylation is 2. The molecule has 0 radical (unpaired) electrons. The fraction of sp³-hybridized carbons (Fsp3) is 0.385. The zero-order chi connectivity index (χ0) is 23.4. The summed E-state index contributed by atoms with van der Waals surface area (Å²) in [7, 11) is 0. The average molecular weight is 444 g/mol. The number of H-pyrrole nitrogens is 1. The van der Waals surface area contributed by atoms with Crippen LogP contribution in [0.2, 0.25) is 0 Å². The number of carbonyl (C=O) groups is 1. The third kappa shape index (κ3) is 4.75. The molecule has 2 heterocycles. The van der Waals surface area contributed by atoms with Crippen molar-refractivity contribution in [1.82, 2.24) is 20.1 Å². The van der Waals surface area contributed by atoms with Crippen LogP contribution >= 0.6 is 0 Å². The van der Waals surface area contributed by atoms with Gasteiger partial charge >= 0.3 is 6.01 Å². The van der Waals surface area contributed by atoms with Gasteiger partial charge < -0.3 is 9.64 Å². The Balaban J connectivity index is 1.53. The van der Waals surface area contributed by atoms with Crippen LogP contribution < -0.4 is 4.74 Å². The van der Waals surface area contributed by atoms with Gasteiger partial charge in [0.2, 0.25) is 0 Å². The van der Waals surface area contributed by atoms with Gasteiger partial charge in [0.05, 0.1) is 18.2 Å². The lowest BCUT2D eigenvalue weighted by Crippen LogP contribution is -2.38. The minimum absolute atomic E-state index is 0.0657. The molecule has 1 N–H and O–H groups in total. The van der Waals surface area contributed by atoms with Crippen LogP contribution in [0.5, 0.6) is 6.01 Å². The summed E-state index contributed by atoms with van der Waals surface area (Å²) in [5.74, 6) is 1.08. The predicted molar refractivity (Wildman–Crippen MR) is 126 cm³/mol. The van der Waals surface area contributed by atoms with E-state index in [9.17, 15) is 4.79 Å². The van der Waals surface area contributed by atoms with Gasteiger partial charge in [0.25, 0.3) is 5.91 Å². The molecule has 1 aliphatic heterocycles. The van der Waals surface area contributed by atoms with Crippen molar-refractivity contribution in [2.24, 2.45) is 0 Å². The van der Waals surface area contributed by atoms with Crippen LogP contribution in [0, 0.1) is 18.3 Å². The van der Waals surface area contributed by atoms with Crippen LogP contribution in [0.15, 0.2) is 36.4 Å². The summed E-state index contributed by atoms with van der Waals surface area (Å²) in [6.07, 6.45) is 2.61. The SMILES string of the molecule is CCOc1n[nH]c(-c2cc(C(=O)N3CCC(c4ccc(C#N)cc4)CC3)c(CC)cc2C)n1. The fourth-order valence-corrected chi connectivity index (χ4v) is 4.49. The van der Waals surface area contributed by atoms with Gasteiger partial charge in [-0.15, -0.1) is 5.10 Å². The van der Waals surface area contributed by atoms with E-state index in [2.05, 4.69) is 34.2 Å². The summed E-state index contributed by atoms with van der Waals surface area (Å²) < 4.78 is 5.38. The molecule has 0 atom stereocenters. The van der Waals surface area contributed by atoms with Crippen LogP contribution in [0.3, 0.4) is 0 Å². The summed E-state index contributed by atoms with van der Waals surface area (Å²) in [5.41, 5.74) is 5.59. The molecule has 1 aliphatic rings. The Bertz CT molecular complexity index is 1170. The molecule has 3 aromatic rings. The second-order valence-corrected chi connectivity index (χ2v) is 8.38. The molecule has 0 saturated carbocycles.